The summed E-state index contributed by atoms with van der Waals surface area (Å²) in [6.07, 6.45) is 0. The van der Waals surface area contributed by atoms with Crippen molar-refractivity contribution in [3.8, 4) is 6.07 Å². The van der Waals surface area contributed by atoms with Gasteiger partial charge in [-0.3, -0.25) is 0 Å². The van der Waals surface area contributed by atoms with E-state index >= 15 is 0 Å². The van der Waals surface area contributed by atoms with Gasteiger partial charge in [-0.1, -0.05) is 11.3 Å². The first-order chi connectivity index (χ1) is 5.83. The van der Waals surface area contributed by atoms with E-state index in [1.807, 2.05) is 6.07 Å². The summed E-state index contributed by atoms with van der Waals surface area (Å²) in [6, 6.07) is 7.49. The Labute approximate surface area is 69.0 Å². The summed E-state index contributed by atoms with van der Waals surface area (Å²) < 4.78 is 1.61. The van der Waals surface area contributed by atoms with Crippen LogP contribution >= 0.6 is 0 Å². The van der Waals surface area contributed by atoms with Crippen molar-refractivity contribution in [2.45, 2.75) is 0 Å². The summed E-state index contributed by atoms with van der Waals surface area (Å²) in [7, 11) is 1.77. The second-order valence-electron chi connectivity index (χ2n) is 2.50. The third-order valence-electron chi connectivity index (χ3n) is 1.75. The average molecular weight is 158 g/mol. The molecule has 0 saturated heterocycles. The van der Waals surface area contributed by atoms with E-state index in [2.05, 4.69) is 16.4 Å². The SMILES string of the molecule is Cn1nnc2cccc(C#N)c21. The highest BCUT2D eigenvalue weighted by molar-refractivity contribution is 5.80. The lowest BCUT2D eigenvalue weighted by Gasteiger charge is -1.92. The second kappa shape index (κ2) is 2.31. The van der Waals surface area contributed by atoms with Crippen molar-refractivity contribution in [3.63, 3.8) is 0 Å². The molecule has 4 heteroatoms. The van der Waals surface area contributed by atoms with Gasteiger partial charge in [-0.15, -0.1) is 5.10 Å². The zero-order valence-corrected chi connectivity index (χ0v) is 6.52. The molecule has 0 spiro atoms. The summed E-state index contributed by atoms with van der Waals surface area (Å²) in [5, 5.41) is 16.5. The minimum Gasteiger partial charge on any atom is -0.246 e. The number of hydrogen-bond acceptors (Lipinski definition) is 3. The Morgan fingerprint density at radius 1 is 1.50 bits per heavy atom. The molecule has 0 aliphatic heterocycles. The van der Waals surface area contributed by atoms with Crippen LogP contribution in [0.3, 0.4) is 0 Å². The highest BCUT2D eigenvalue weighted by atomic mass is 15.4. The van der Waals surface area contributed by atoms with Crippen LogP contribution in [0.2, 0.25) is 0 Å². The van der Waals surface area contributed by atoms with Crippen molar-refractivity contribution in [1.29, 1.82) is 5.26 Å². The van der Waals surface area contributed by atoms with E-state index in [0.29, 0.717) is 5.56 Å². The number of fused-ring (bicyclic) bond motifs is 1. The third-order valence-corrected chi connectivity index (χ3v) is 1.75. The van der Waals surface area contributed by atoms with Crippen molar-refractivity contribution < 1.29 is 0 Å². The predicted octanol–water partition coefficient (Wildman–Crippen LogP) is 0.840. The Hall–Kier alpha value is -1.89. The Morgan fingerprint density at radius 3 is 3.08 bits per heavy atom. The fraction of sp³-hybridized carbons (Fsp3) is 0.125. The molecule has 0 fully saturated rings. The van der Waals surface area contributed by atoms with Crippen molar-refractivity contribution in [3.05, 3.63) is 23.8 Å². The van der Waals surface area contributed by atoms with Crippen LogP contribution in [0.4, 0.5) is 0 Å². The quantitative estimate of drug-likeness (QED) is 0.570. The lowest BCUT2D eigenvalue weighted by atomic mass is 10.2. The van der Waals surface area contributed by atoms with Gasteiger partial charge >= 0.3 is 0 Å². The molecule has 4 nitrogen and oxygen atoms in total. The Balaban J connectivity index is 2.96. The Morgan fingerprint density at radius 2 is 2.33 bits per heavy atom. The summed E-state index contributed by atoms with van der Waals surface area (Å²) in [6.45, 7) is 0. The molecule has 0 aliphatic rings. The van der Waals surface area contributed by atoms with Gasteiger partial charge in [0.25, 0.3) is 0 Å². The maximum atomic E-state index is 8.76. The van der Waals surface area contributed by atoms with Gasteiger partial charge in [-0.25, -0.2) is 4.68 Å². The fourth-order valence-corrected chi connectivity index (χ4v) is 1.20. The maximum Gasteiger partial charge on any atom is 0.114 e. The Bertz CT molecular complexity index is 463. The number of benzene rings is 1. The standard InChI is InChI=1S/C8H6N4/c1-12-8-6(5-9)3-2-4-7(8)10-11-12/h2-4H,1H3. The van der Waals surface area contributed by atoms with E-state index in [-0.39, 0.29) is 0 Å². The number of para-hydroxylation sites is 1. The van der Waals surface area contributed by atoms with Crippen LogP contribution in [-0.2, 0) is 7.05 Å². The van der Waals surface area contributed by atoms with E-state index in [1.165, 1.54) is 0 Å². The molecule has 0 N–H and O–H groups in total. The highest BCUT2D eigenvalue weighted by Crippen LogP contribution is 2.13. The fourth-order valence-electron chi connectivity index (χ4n) is 1.20. The molecule has 2 aromatic rings. The average Bonchev–Trinajstić information content (AvgIpc) is 2.48. The molecular formula is C8H6N4. The van der Waals surface area contributed by atoms with E-state index in [9.17, 15) is 0 Å². The second-order valence-corrected chi connectivity index (χ2v) is 2.50. The van der Waals surface area contributed by atoms with E-state index in [0.717, 1.165) is 11.0 Å². The minimum absolute atomic E-state index is 0.611. The molecule has 0 amide bonds. The largest absolute Gasteiger partial charge is 0.246 e. The van der Waals surface area contributed by atoms with Crippen LogP contribution in [0.15, 0.2) is 18.2 Å². The monoisotopic (exact) mass is 158 g/mol. The smallest absolute Gasteiger partial charge is 0.114 e. The number of hydrogen-bond donors (Lipinski definition) is 0. The normalized spacial score (nSPS) is 10.0. The van der Waals surface area contributed by atoms with E-state index in [4.69, 9.17) is 5.26 Å². The van der Waals surface area contributed by atoms with Gasteiger partial charge in [0.05, 0.1) is 5.56 Å². The lowest BCUT2D eigenvalue weighted by Crippen LogP contribution is -1.91. The van der Waals surface area contributed by atoms with E-state index < -0.39 is 0 Å². The van der Waals surface area contributed by atoms with Gasteiger partial charge in [-0.05, 0) is 12.1 Å². The van der Waals surface area contributed by atoms with Crippen molar-refractivity contribution in [1.82, 2.24) is 15.0 Å². The molecule has 1 aromatic heterocycles. The van der Waals surface area contributed by atoms with Gasteiger partial charge in [0, 0.05) is 7.05 Å². The first-order valence-electron chi connectivity index (χ1n) is 3.51. The highest BCUT2D eigenvalue weighted by Gasteiger charge is 2.04. The molecule has 2 rings (SSSR count). The van der Waals surface area contributed by atoms with Crippen LogP contribution in [0.25, 0.3) is 11.0 Å². The van der Waals surface area contributed by atoms with Crippen LogP contribution in [0.1, 0.15) is 5.56 Å². The number of nitriles is 1. The number of rotatable bonds is 0. The molecule has 0 aliphatic carbocycles. The molecule has 12 heavy (non-hydrogen) atoms. The van der Waals surface area contributed by atoms with Gasteiger partial charge in [-0.2, -0.15) is 5.26 Å². The summed E-state index contributed by atoms with van der Waals surface area (Å²) >= 11 is 0. The first kappa shape index (κ1) is 6.80. The molecule has 58 valence electrons. The molecule has 0 radical (unpaired) electrons. The zero-order valence-electron chi connectivity index (χ0n) is 6.52. The third kappa shape index (κ3) is 0.768. The number of aromatic nitrogens is 3. The molecule has 1 aromatic carbocycles. The van der Waals surface area contributed by atoms with Crippen LogP contribution in [0.5, 0.6) is 0 Å². The molecular weight excluding hydrogens is 152 g/mol. The summed E-state index contributed by atoms with van der Waals surface area (Å²) in [5.74, 6) is 0. The van der Waals surface area contributed by atoms with Crippen molar-refractivity contribution in [2.24, 2.45) is 7.05 Å². The molecule has 0 bridgehead atoms. The molecule has 0 atom stereocenters. The van der Waals surface area contributed by atoms with Gasteiger partial charge in [0.2, 0.25) is 0 Å². The lowest BCUT2D eigenvalue weighted by molar-refractivity contribution is 0.736. The van der Waals surface area contributed by atoms with Gasteiger partial charge < -0.3 is 0 Å². The topological polar surface area (TPSA) is 54.5 Å². The van der Waals surface area contributed by atoms with Gasteiger partial charge in [0.1, 0.15) is 17.1 Å². The van der Waals surface area contributed by atoms with Crippen LogP contribution < -0.4 is 0 Å². The van der Waals surface area contributed by atoms with Gasteiger partial charge in [0.15, 0.2) is 0 Å². The Kier molecular flexibility index (Phi) is 1.31. The summed E-state index contributed by atoms with van der Waals surface area (Å²) in [4.78, 5) is 0. The predicted molar refractivity (Wildman–Crippen MR) is 43.2 cm³/mol. The number of nitrogens with zero attached hydrogens (tertiary/aromatic N) is 4. The molecule has 0 unspecified atom stereocenters. The maximum absolute atomic E-state index is 8.76. The zero-order chi connectivity index (χ0) is 8.55. The van der Waals surface area contributed by atoms with Crippen LogP contribution in [-0.4, -0.2) is 15.0 Å². The minimum atomic E-state index is 0.611. The number of aryl methyl sites for hydroxylation is 1. The molecule has 0 saturated carbocycles. The summed E-state index contributed by atoms with van der Waals surface area (Å²) in [5.41, 5.74) is 2.16. The van der Waals surface area contributed by atoms with E-state index in [1.54, 1.807) is 23.9 Å². The van der Waals surface area contributed by atoms with Crippen molar-refractivity contribution >= 4 is 11.0 Å². The molecule has 1 heterocycles. The van der Waals surface area contributed by atoms with Crippen molar-refractivity contribution in [2.75, 3.05) is 0 Å². The van der Waals surface area contributed by atoms with Crippen LogP contribution in [0, 0.1) is 11.3 Å². The first-order valence-corrected chi connectivity index (χ1v) is 3.51.